The van der Waals surface area contributed by atoms with Crippen LogP contribution in [0.3, 0.4) is 0 Å². The molecule has 0 bridgehead atoms. The van der Waals surface area contributed by atoms with Crippen molar-refractivity contribution in [1.82, 2.24) is 15.2 Å². The summed E-state index contributed by atoms with van der Waals surface area (Å²) < 4.78 is 23.2. The topological polar surface area (TPSA) is 79.4 Å². The van der Waals surface area contributed by atoms with Crippen molar-refractivity contribution in [3.05, 3.63) is 16.1 Å². The number of carbonyl (C=O) groups is 1. The van der Waals surface area contributed by atoms with Crippen LogP contribution >= 0.6 is 11.3 Å². The lowest BCUT2D eigenvalue weighted by Crippen LogP contribution is -2.45. The van der Waals surface area contributed by atoms with Gasteiger partial charge in [-0.1, -0.05) is 0 Å². The summed E-state index contributed by atoms with van der Waals surface area (Å²) in [5.74, 6) is 0.719. The third-order valence-corrected chi connectivity index (χ3v) is 7.31. The first-order chi connectivity index (χ1) is 10.9. The van der Waals surface area contributed by atoms with Crippen LogP contribution < -0.4 is 5.32 Å². The smallest absolute Gasteiger partial charge is 0.223 e. The summed E-state index contributed by atoms with van der Waals surface area (Å²) in [6.07, 6.45) is 2.35. The van der Waals surface area contributed by atoms with Crippen molar-refractivity contribution in [3.8, 4) is 0 Å². The standard InChI is InChI=1S/C15H23N3O3S2/c1-11-17-13(9-22-11)8-16-15(19)12-2-5-18(6-3-12)14-4-7-23(20,21)10-14/h9,12,14H,2-8,10H2,1H3,(H,16,19)/t14-/m1/s1. The molecule has 2 fully saturated rings. The lowest BCUT2D eigenvalue weighted by atomic mass is 9.94. The Morgan fingerprint density at radius 1 is 1.39 bits per heavy atom. The van der Waals surface area contributed by atoms with E-state index in [9.17, 15) is 13.2 Å². The Morgan fingerprint density at radius 3 is 2.70 bits per heavy atom. The Hall–Kier alpha value is -0.990. The number of thiazole rings is 1. The van der Waals surface area contributed by atoms with Gasteiger partial charge < -0.3 is 5.32 Å². The number of aryl methyl sites for hydroxylation is 1. The van der Waals surface area contributed by atoms with E-state index in [0.29, 0.717) is 12.3 Å². The maximum Gasteiger partial charge on any atom is 0.223 e. The van der Waals surface area contributed by atoms with Crippen molar-refractivity contribution < 1.29 is 13.2 Å². The van der Waals surface area contributed by atoms with Crippen LogP contribution in [0.2, 0.25) is 0 Å². The molecule has 1 N–H and O–H groups in total. The monoisotopic (exact) mass is 357 g/mol. The number of rotatable bonds is 4. The highest BCUT2D eigenvalue weighted by Gasteiger charge is 2.35. The molecule has 1 atom stereocenters. The first-order valence-electron chi connectivity index (χ1n) is 8.06. The second-order valence-electron chi connectivity index (χ2n) is 6.44. The minimum Gasteiger partial charge on any atom is -0.350 e. The third kappa shape index (κ3) is 4.30. The van der Waals surface area contributed by atoms with Crippen LogP contribution in [0, 0.1) is 12.8 Å². The maximum atomic E-state index is 12.3. The molecule has 0 radical (unpaired) electrons. The zero-order valence-corrected chi connectivity index (χ0v) is 15.0. The van der Waals surface area contributed by atoms with Gasteiger partial charge in [0.05, 0.1) is 28.8 Å². The van der Waals surface area contributed by atoms with Crippen LogP contribution in [0.4, 0.5) is 0 Å². The number of carbonyl (C=O) groups excluding carboxylic acids is 1. The lowest BCUT2D eigenvalue weighted by molar-refractivity contribution is -0.126. The van der Waals surface area contributed by atoms with Crippen molar-refractivity contribution >= 4 is 27.1 Å². The van der Waals surface area contributed by atoms with E-state index in [2.05, 4.69) is 15.2 Å². The van der Waals surface area contributed by atoms with Gasteiger partial charge in [-0.2, -0.15) is 0 Å². The molecule has 3 rings (SSSR count). The van der Waals surface area contributed by atoms with Crippen LogP contribution in [0.25, 0.3) is 0 Å². The highest BCUT2D eigenvalue weighted by atomic mass is 32.2. The normalized spacial score (nSPS) is 25.5. The fourth-order valence-electron chi connectivity index (χ4n) is 3.40. The summed E-state index contributed by atoms with van der Waals surface area (Å²) in [5.41, 5.74) is 0.912. The Balaban J connectivity index is 1.44. The van der Waals surface area contributed by atoms with Crippen molar-refractivity contribution in [2.45, 2.75) is 38.8 Å². The minimum absolute atomic E-state index is 0.0315. The fourth-order valence-corrected chi connectivity index (χ4v) is 5.78. The first-order valence-corrected chi connectivity index (χ1v) is 10.8. The van der Waals surface area contributed by atoms with Crippen molar-refractivity contribution in [1.29, 1.82) is 0 Å². The second-order valence-corrected chi connectivity index (χ2v) is 9.73. The molecular weight excluding hydrogens is 334 g/mol. The van der Waals surface area contributed by atoms with Gasteiger partial charge in [0.2, 0.25) is 5.91 Å². The molecule has 0 aromatic carbocycles. The summed E-state index contributed by atoms with van der Waals surface area (Å²) in [6, 6.07) is 0.155. The molecule has 2 aliphatic heterocycles. The minimum atomic E-state index is -2.84. The molecule has 0 saturated carbocycles. The van der Waals surface area contributed by atoms with Gasteiger partial charge in [0.15, 0.2) is 9.84 Å². The van der Waals surface area contributed by atoms with Crippen molar-refractivity contribution in [3.63, 3.8) is 0 Å². The molecule has 128 valence electrons. The van der Waals surface area contributed by atoms with Gasteiger partial charge in [-0.05, 0) is 39.3 Å². The number of nitrogens with zero attached hydrogens (tertiary/aromatic N) is 2. The van der Waals surface area contributed by atoms with E-state index in [1.54, 1.807) is 11.3 Å². The number of amides is 1. The molecule has 23 heavy (non-hydrogen) atoms. The maximum absolute atomic E-state index is 12.3. The molecule has 3 heterocycles. The zero-order valence-electron chi connectivity index (χ0n) is 13.3. The highest BCUT2D eigenvalue weighted by molar-refractivity contribution is 7.91. The molecule has 0 unspecified atom stereocenters. The molecule has 8 heteroatoms. The molecule has 0 spiro atoms. The summed E-state index contributed by atoms with van der Waals surface area (Å²) >= 11 is 1.59. The van der Waals surface area contributed by atoms with Crippen molar-refractivity contribution in [2.24, 2.45) is 5.92 Å². The molecule has 1 aromatic heterocycles. The molecule has 2 aliphatic rings. The van der Waals surface area contributed by atoms with E-state index in [1.165, 1.54) is 0 Å². The van der Waals surface area contributed by atoms with Crippen LogP contribution in [0.15, 0.2) is 5.38 Å². The van der Waals surface area contributed by atoms with Gasteiger partial charge in [0.1, 0.15) is 0 Å². The third-order valence-electron chi connectivity index (χ3n) is 4.74. The van der Waals surface area contributed by atoms with Gasteiger partial charge in [0, 0.05) is 17.3 Å². The highest BCUT2D eigenvalue weighted by Crippen LogP contribution is 2.24. The summed E-state index contributed by atoms with van der Waals surface area (Å²) in [7, 11) is -2.84. The average molecular weight is 358 g/mol. The van der Waals surface area contributed by atoms with Gasteiger partial charge in [-0.25, -0.2) is 13.4 Å². The quantitative estimate of drug-likeness (QED) is 0.868. The summed E-state index contributed by atoms with van der Waals surface area (Å²) in [4.78, 5) is 18.9. The Morgan fingerprint density at radius 2 is 2.13 bits per heavy atom. The van der Waals surface area contributed by atoms with E-state index in [0.717, 1.165) is 43.1 Å². The van der Waals surface area contributed by atoms with Gasteiger partial charge >= 0.3 is 0 Å². The summed E-state index contributed by atoms with van der Waals surface area (Å²) in [5, 5.41) is 5.95. The molecule has 0 aliphatic carbocycles. The van der Waals surface area contributed by atoms with Gasteiger partial charge in [-0.15, -0.1) is 11.3 Å². The van der Waals surface area contributed by atoms with E-state index in [-0.39, 0.29) is 23.6 Å². The van der Waals surface area contributed by atoms with E-state index in [1.807, 2.05) is 12.3 Å². The number of piperidine rings is 1. The lowest BCUT2D eigenvalue weighted by Gasteiger charge is -2.34. The Bertz CT molecular complexity index is 663. The first kappa shape index (κ1) is 16.9. The van der Waals surface area contributed by atoms with Crippen LogP contribution in [-0.4, -0.2) is 54.8 Å². The molecular formula is C15H23N3O3S2. The van der Waals surface area contributed by atoms with E-state index < -0.39 is 9.84 Å². The Kier molecular flexibility index (Phi) is 5.03. The molecule has 1 aromatic rings. The molecule has 1 amide bonds. The predicted octanol–water partition coefficient (Wildman–Crippen LogP) is 0.967. The number of aromatic nitrogens is 1. The largest absolute Gasteiger partial charge is 0.350 e. The summed E-state index contributed by atoms with van der Waals surface area (Å²) in [6.45, 7) is 4.07. The number of hydrogen-bond donors (Lipinski definition) is 1. The fraction of sp³-hybridized carbons (Fsp3) is 0.733. The molecule has 2 saturated heterocycles. The number of nitrogens with one attached hydrogen (secondary N) is 1. The molecule has 6 nitrogen and oxygen atoms in total. The Labute approximate surface area is 141 Å². The van der Waals surface area contributed by atoms with Gasteiger partial charge in [0.25, 0.3) is 0 Å². The van der Waals surface area contributed by atoms with E-state index >= 15 is 0 Å². The van der Waals surface area contributed by atoms with Crippen LogP contribution in [0.5, 0.6) is 0 Å². The number of hydrogen-bond acceptors (Lipinski definition) is 6. The van der Waals surface area contributed by atoms with Crippen LogP contribution in [-0.2, 0) is 21.2 Å². The van der Waals surface area contributed by atoms with Crippen LogP contribution in [0.1, 0.15) is 30.0 Å². The SMILES string of the molecule is Cc1nc(CNC(=O)C2CCN([C@@H]3CCS(=O)(=O)C3)CC2)cs1. The zero-order chi connectivity index (χ0) is 16.4. The number of likely N-dealkylation sites (tertiary alicyclic amines) is 1. The second kappa shape index (κ2) is 6.86. The van der Waals surface area contributed by atoms with Gasteiger partial charge in [-0.3, -0.25) is 9.69 Å². The average Bonchev–Trinajstić information content (AvgIpc) is 3.10. The number of sulfone groups is 1. The van der Waals surface area contributed by atoms with Crippen molar-refractivity contribution in [2.75, 3.05) is 24.6 Å². The predicted molar refractivity (Wildman–Crippen MR) is 90.1 cm³/mol. The van der Waals surface area contributed by atoms with E-state index in [4.69, 9.17) is 0 Å².